The highest BCUT2D eigenvalue weighted by Crippen LogP contribution is 2.24. The third kappa shape index (κ3) is 4.61. The van der Waals surface area contributed by atoms with E-state index >= 15 is 0 Å². The van der Waals surface area contributed by atoms with Crippen molar-refractivity contribution in [3.8, 4) is 0 Å². The first-order valence-electron chi connectivity index (χ1n) is 6.08. The van der Waals surface area contributed by atoms with Crippen molar-refractivity contribution in [1.29, 1.82) is 0 Å². The van der Waals surface area contributed by atoms with E-state index in [1.807, 2.05) is 0 Å². The van der Waals surface area contributed by atoms with Gasteiger partial charge in [-0.2, -0.15) is 0 Å². The average molecular weight is 379 g/mol. The number of nitrogens with one attached hydrogen (secondary N) is 1. The molecular formula is C14H10Cl3NO3S. The lowest BCUT2D eigenvalue weighted by Crippen LogP contribution is -2.29. The van der Waals surface area contributed by atoms with E-state index in [2.05, 4.69) is 5.32 Å². The van der Waals surface area contributed by atoms with Gasteiger partial charge in [-0.25, -0.2) is 4.79 Å². The zero-order valence-electron chi connectivity index (χ0n) is 11.2. The smallest absolute Gasteiger partial charge is 0.349 e. The molecule has 0 fully saturated rings. The Hall–Kier alpha value is -1.27. The van der Waals surface area contributed by atoms with E-state index in [0.717, 1.165) is 11.3 Å². The van der Waals surface area contributed by atoms with Gasteiger partial charge in [0.2, 0.25) is 0 Å². The highest BCUT2D eigenvalue weighted by molar-refractivity contribution is 7.17. The molecule has 4 nitrogen and oxygen atoms in total. The third-order valence-electron chi connectivity index (χ3n) is 2.56. The van der Waals surface area contributed by atoms with Gasteiger partial charge in [0.1, 0.15) is 4.88 Å². The number of carbonyl (C=O) groups excluding carboxylic acids is 2. The van der Waals surface area contributed by atoms with Gasteiger partial charge in [0, 0.05) is 15.7 Å². The lowest BCUT2D eigenvalue weighted by atomic mass is 10.3. The summed E-state index contributed by atoms with van der Waals surface area (Å²) >= 11 is 18.5. The highest BCUT2D eigenvalue weighted by atomic mass is 35.5. The Bertz CT molecular complexity index is 697. The van der Waals surface area contributed by atoms with Crippen LogP contribution in [0.3, 0.4) is 0 Å². The van der Waals surface area contributed by atoms with Crippen LogP contribution in [0.1, 0.15) is 16.6 Å². The van der Waals surface area contributed by atoms with Crippen molar-refractivity contribution in [2.45, 2.75) is 13.0 Å². The Morgan fingerprint density at radius 2 is 1.77 bits per heavy atom. The predicted octanol–water partition coefficient (Wildman–Crippen LogP) is 4.89. The summed E-state index contributed by atoms with van der Waals surface area (Å²) in [6.45, 7) is 1.47. The second-order valence-corrected chi connectivity index (χ2v) is 6.89. The molecular weight excluding hydrogens is 369 g/mol. The Balaban J connectivity index is 1.98. The second kappa shape index (κ2) is 7.33. The van der Waals surface area contributed by atoms with E-state index in [0.29, 0.717) is 24.9 Å². The number of halogens is 3. The number of ether oxygens (including phenoxy) is 1. The SMILES string of the molecule is C[C@@H](OC(=O)c1ccc(Cl)s1)C(=O)Nc1cc(Cl)cc(Cl)c1. The molecule has 1 N–H and O–H groups in total. The van der Waals surface area contributed by atoms with Crippen LogP contribution < -0.4 is 5.32 Å². The maximum absolute atomic E-state index is 12.0. The van der Waals surface area contributed by atoms with Gasteiger partial charge in [-0.05, 0) is 37.3 Å². The van der Waals surface area contributed by atoms with E-state index < -0.39 is 18.0 Å². The maximum atomic E-state index is 12.0. The molecule has 2 rings (SSSR count). The van der Waals surface area contributed by atoms with Crippen LogP contribution in [0, 0.1) is 0 Å². The molecule has 0 unspecified atom stereocenters. The van der Waals surface area contributed by atoms with Crippen molar-refractivity contribution >= 4 is 63.7 Å². The van der Waals surface area contributed by atoms with Gasteiger partial charge in [-0.3, -0.25) is 4.79 Å². The molecule has 1 heterocycles. The zero-order valence-corrected chi connectivity index (χ0v) is 14.3. The number of esters is 1. The molecule has 8 heteroatoms. The Morgan fingerprint density at radius 1 is 1.14 bits per heavy atom. The number of hydrogen-bond donors (Lipinski definition) is 1. The van der Waals surface area contributed by atoms with Crippen LogP contribution in [0.15, 0.2) is 30.3 Å². The van der Waals surface area contributed by atoms with E-state index in [9.17, 15) is 9.59 Å². The summed E-state index contributed by atoms with van der Waals surface area (Å²) in [6, 6.07) is 7.75. The summed E-state index contributed by atoms with van der Waals surface area (Å²) in [6.07, 6.45) is -0.980. The minimum atomic E-state index is -0.980. The molecule has 22 heavy (non-hydrogen) atoms. The van der Waals surface area contributed by atoms with Crippen molar-refractivity contribution in [3.63, 3.8) is 0 Å². The minimum Gasteiger partial charge on any atom is -0.448 e. The normalized spacial score (nSPS) is 11.8. The van der Waals surface area contributed by atoms with E-state index in [-0.39, 0.29) is 0 Å². The molecule has 0 radical (unpaired) electrons. The molecule has 0 aliphatic heterocycles. The molecule has 0 aliphatic carbocycles. The van der Waals surface area contributed by atoms with Crippen molar-refractivity contribution in [2.75, 3.05) is 5.32 Å². The van der Waals surface area contributed by atoms with Crippen molar-refractivity contribution in [2.24, 2.45) is 0 Å². The quantitative estimate of drug-likeness (QED) is 0.770. The first kappa shape index (κ1) is 17.1. The first-order chi connectivity index (χ1) is 10.3. The largest absolute Gasteiger partial charge is 0.448 e. The van der Waals surface area contributed by atoms with Crippen LogP contribution in [0.25, 0.3) is 0 Å². The lowest BCUT2D eigenvalue weighted by molar-refractivity contribution is -0.123. The number of hydrogen-bond acceptors (Lipinski definition) is 4. The standard InChI is InChI=1S/C14H10Cl3NO3S/c1-7(21-14(20)11-2-3-12(17)22-11)13(19)18-10-5-8(15)4-9(16)6-10/h2-7H,1H3,(H,18,19)/t7-/m1/s1. The third-order valence-corrected chi connectivity index (χ3v) is 4.21. The zero-order chi connectivity index (χ0) is 16.3. The Labute approximate surface area is 145 Å². The Morgan fingerprint density at radius 3 is 2.32 bits per heavy atom. The van der Waals surface area contributed by atoms with E-state index in [1.165, 1.54) is 13.0 Å². The van der Waals surface area contributed by atoms with Crippen LogP contribution in [-0.2, 0) is 9.53 Å². The van der Waals surface area contributed by atoms with Gasteiger partial charge in [0.05, 0.1) is 4.34 Å². The van der Waals surface area contributed by atoms with Crippen LogP contribution in [0.5, 0.6) is 0 Å². The lowest BCUT2D eigenvalue weighted by Gasteiger charge is -2.13. The van der Waals surface area contributed by atoms with E-state index in [1.54, 1.807) is 24.3 Å². The number of anilines is 1. The van der Waals surface area contributed by atoms with Gasteiger partial charge in [-0.15, -0.1) is 11.3 Å². The second-order valence-electron chi connectivity index (χ2n) is 4.30. The Kier molecular flexibility index (Phi) is 5.69. The summed E-state index contributed by atoms with van der Waals surface area (Å²) in [4.78, 5) is 24.2. The molecule has 0 aliphatic rings. The molecule has 1 amide bonds. The number of thiophene rings is 1. The van der Waals surface area contributed by atoms with Gasteiger partial charge in [0.25, 0.3) is 5.91 Å². The summed E-state index contributed by atoms with van der Waals surface area (Å²) in [5.41, 5.74) is 0.421. The van der Waals surface area contributed by atoms with Crippen LogP contribution in [-0.4, -0.2) is 18.0 Å². The fourth-order valence-electron chi connectivity index (χ4n) is 1.57. The topological polar surface area (TPSA) is 55.4 Å². The van der Waals surface area contributed by atoms with Crippen molar-refractivity contribution in [1.82, 2.24) is 0 Å². The predicted molar refractivity (Wildman–Crippen MR) is 89.3 cm³/mol. The average Bonchev–Trinajstić information content (AvgIpc) is 2.84. The fraction of sp³-hybridized carbons (Fsp3) is 0.143. The first-order valence-corrected chi connectivity index (χ1v) is 8.03. The molecule has 0 saturated carbocycles. The fourth-order valence-corrected chi connectivity index (χ4v) is 3.02. The number of rotatable bonds is 4. The number of amides is 1. The minimum absolute atomic E-state index is 0.329. The molecule has 0 bridgehead atoms. The maximum Gasteiger partial charge on any atom is 0.349 e. The summed E-state index contributed by atoms with van der Waals surface area (Å²) in [7, 11) is 0. The van der Waals surface area contributed by atoms with Crippen molar-refractivity contribution < 1.29 is 14.3 Å². The molecule has 0 spiro atoms. The molecule has 1 aromatic heterocycles. The van der Waals surface area contributed by atoms with Gasteiger partial charge in [-0.1, -0.05) is 34.8 Å². The van der Waals surface area contributed by atoms with Gasteiger partial charge in [0.15, 0.2) is 6.10 Å². The number of benzene rings is 1. The van der Waals surface area contributed by atoms with Crippen LogP contribution >= 0.6 is 46.1 Å². The monoisotopic (exact) mass is 377 g/mol. The van der Waals surface area contributed by atoms with Crippen LogP contribution in [0.2, 0.25) is 14.4 Å². The van der Waals surface area contributed by atoms with Gasteiger partial charge < -0.3 is 10.1 Å². The molecule has 1 aromatic carbocycles. The van der Waals surface area contributed by atoms with Crippen LogP contribution in [0.4, 0.5) is 5.69 Å². The number of carbonyl (C=O) groups is 2. The van der Waals surface area contributed by atoms with E-state index in [4.69, 9.17) is 39.5 Å². The molecule has 2 aromatic rings. The van der Waals surface area contributed by atoms with Gasteiger partial charge >= 0.3 is 5.97 Å². The summed E-state index contributed by atoms with van der Waals surface area (Å²) < 4.78 is 5.55. The molecule has 0 saturated heterocycles. The highest BCUT2D eigenvalue weighted by Gasteiger charge is 2.20. The van der Waals surface area contributed by atoms with Crippen molar-refractivity contribution in [3.05, 3.63) is 49.6 Å². The summed E-state index contributed by atoms with van der Waals surface area (Å²) in [5.74, 6) is -1.10. The molecule has 1 atom stereocenters. The summed E-state index contributed by atoms with van der Waals surface area (Å²) in [5, 5.41) is 3.36. The molecule has 116 valence electrons.